The van der Waals surface area contributed by atoms with Gasteiger partial charge >= 0.3 is 5.97 Å². The van der Waals surface area contributed by atoms with Crippen molar-refractivity contribution in [1.82, 2.24) is 0 Å². The molecule has 0 aromatic carbocycles. The predicted molar refractivity (Wildman–Crippen MR) is 140 cm³/mol. The van der Waals surface area contributed by atoms with Crippen molar-refractivity contribution in [3.63, 3.8) is 0 Å². The minimum atomic E-state index is -0.590. The van der Waals surface area contributed by atoms with Gasteiger partial charge < -0.3 is 20.1 Å². The smallest absolute Gasteiger partial charge is 0.305 e. The number of ether oxygens (including phenoxy) is 1. The second-order valence-electron chi connectivity index (χ2n) is 10.7. The van der Waals surface area contributed by atoms with Crippen LogP contribution in [-0.4, -0.2) is 46.2 Å². The van der Waals surface area contributed by atoms with Gasteiger partial charge in [-0.2, -0.15) is 0 Å². The molecule has 5 nitrogen and oxygen atoms in total. The highest BCUT2D eigenvalue weighted by molar-refractivity contribution is 5.69. The maximum absolute atomic E-state index is 11.8. The van der Waals surface area contributed by atoms with Crippen LogP contribution in [0.4, 0.5) is 0 Å². The number of hydrogen-bond donors (Lipinski definition) is 3. The van der Waals surface area contributed by atoms with Crippen molar-refractivity contribution < 1.29 is 24.9 Å². The third-order valence-corrected chi connectivity index (χ3v) is 7.64. The van der Waals surface area contributed by atoms with Crippen LogP contribution < -0.4 is 0 Å². The lowest BCUT2D eigenvalue weighted by Gasteiger charge is -2.28. The fourth-order valence-electron chi connectivity index (χ4n) is 5.52. The summed E-state index contributed by atoms with van der Waals surface area (Å²) in [5.41, 5.74) is 0. The van der Waals surface area contributed by atoms with E-state index in [1.54, 1.807) is 0 Å². The first-order chi connectivity index (χ1) is 16.5. The molecule has 0 heterocycles. The fraction of sp³-hybridized carbons (Fsp3) is 0.966. The van der Waals surface area contributed by atoms with Crippen LogP contribution in [-0.2, 0) is 9.53 Å². The zero-order chi connectivity index (χ0) is 25.0. The normalized spacial score (nSPS) is 23.3. The molecule has 0 saturated heterocycles. The van der Waals surface area contributed by atoms with Gasteiger partial charge in [-0.05, 0) is 38.0 Å². The van der Waals surface area contributed by atoms with Crippen LogP contribution in [0, 0.1) is 11.8 Å². The Morgan fingerprint density at radius 1 is 0.765 bits per heavy atom. The van der Waals surface area contributed by atoms with Crippen molar-refractivity contribution in [2.45, 2.75) is 161 Å². The van der Waals surface area contributed by atoms with Gasteiger partial charge in [0.05, 0.1) is 24.9 Å². The fourth-order valence-corrected chi connectivity index (χ4v) is 5.52. The molecule has 0 radical (unpaired) electrons. The van der Waals surface area contributed by atoms with Gasteiger partial charge in [-0.15, -0.1) is 0 Å². The SMILES string of the molecule is CCCCCCCCOC(=O)CCCCCCC[C@@H]1C(O)CC(O)[C@H]1C(O)CCCCCCC. The van der Waals surface area contributed by atoms with E-state index in [1.165, 1.54) is 44.9 Å². The summed E-state index contributed by atoms with van der Waals surface area (Å²) in [6.45, 7) is 4.97. The second kappa shape index (κ2) is 20.5. The molecule has 0 bridgehead atoms. The molecule has 1 aliphatic rings. The van der Waals surface area contributed by atoms with Crippen LogP contribution in [0.2, 0.25) is 0 Å². The third-order valence-electron chi connectivity index (χ3n) is 7.64. The molecule has 5 heteroatoms. The maximum atomic E-state index is 11.8. The first-order valence-corrected chi connectivity index (χ1v) is 14.7. The summed E-state index contributed by atoms with van der Waals surface area (Å²) in [6.07, 6.45) is 18.9. The van der Waals surface area contributed by atoms with Crippen LogP contribution in [0.25, 0.3) is 0 Å². The number of esters is 1. The monoisotopic (exact) mass is 484 g/mol. The Morgan fingerprint density at radius 2 is 1.32 bits per heavy atom. The molecule has 1 saturated carbocycles. The zero-order valence-electron chi connectivity index (χ0n) is 22.4. The minimum absolute atomic E-state index is 0.00223. The number of carbonyl (C=O) groups excluding carboxylic acids is 1. The first kappa shape index (κ1) is 31.4. The van der Waals surface area contributed by atoms with Gasteiger partial charge in [0, 0.05) is 12.3 Å². The summed E-state index contributed by atoms with van der Waals surface area (Å²) in [6, 6.07) is 0. The van der Waals surface area contributed by atoms with Crippen molar-refractivity contribution >= 4 is 5.97 Å². The average Bonchev–Trinajstić information content (AvgIpc) is 3.10. The molecule has 34 heavy (non-hydrogen) atoms. The number of aliphatic hydroxyl groups excluding tert-OH is 3. The van der Waals surface area contributed by atoms with Crippen LogP contribution in [0.5, 0.6) is 0 Å². The van der Waals surface area contributed by atoms with Crippen LogP contribution in [0.15, 0.2) is 0 Å². The summed E-state index contributed by atoms with van der Waals surface area (Å²) in [5.74, 6) is -0.261. The Labute approximate surface area is 210 Å². The molecule has 5 atom stereocenters. The van der Waals surface area contributed by atoms with E-state index in [4.69, 9.17) is 4.74 Å². The maximum Gasteiger partial charge on any atom is 0.305 e. The first-order valence-electron chi connectivity index (χ1n) is 14.7. The van der Waals surface area contributed by atoms with E-state index in [1.807, 2.05) is 0 Å². The Bertz CT molecular complexity index is 483. The molecule has 0 amide bonds. The molecule has 1 aliphatic carbocycles. The van der Waals surface area contributed by atoms with Gasteiger partial charge in [-0.1, -0.05) is 104 Å². The quantitative estimate of drug-likeness (QED) is 0.118. The molecule has 0 aliphatic heterocycles. The Kier molecular flexibility index (Phi) is 19.0. The van der Waals surface area contributed by atoms with Crippen molar-refractivity contribution in [1.29, 1.82) is 0 Å². The van der Waals surface area contributed by atoms with E-state index >= 15 is 0 Å². The zero-order valence-corrected chi connectivity index (χ0v) is 22.4. The Hall–Kier alpha value is -0.650. The summed E-state index contributed by atoms with van der Waals surface area (Å²) in [5, 5.41) is 31.6. The average molecular weight is 485 g/mol. The van der Waals surface area contributed by atoms with E-state index in [-0.39, 0.29) is 17.8 Å². The van der Waals surface area contributed by atoms with Crippen molar-refractivity contribution in [2.24, 2.45) is 11.8 Å². The lowest BCUT2D eigenvalue weighted by atomic mass is 9.83. The highest BCUT2D eigenvalue weighted by Gasteiger charge is 2.44. The molecule has 1 rings (SSSR count). The topological polar surface area (TPSA) is 87.0 Å². The van der Waals surface area contributed by atoms with E-state index in [2.05, 4.69) is 13.8 Å². The molecule has 0 spiro atoms. The van der Waals surface area contributed by atoms with Gasteiger partial charge in [0.15, 0.2) is 0 Å². The Morgan fingerprint density at radius 3 is 2.00 bits per heavy atom. The molecule has 1 fully saturated rings. The predicted octanol–water partition coefficient (Wildman–Crippen LogP) is 6.70. The molecular formula is C29H56O5. The molecule has 3 N–H and O–H groups in total. The van der Waals surface area contributed by atoms with E-state index < -0.39 is 18.3 Å². The molecule has 202 valence electrons. The summed E-state index contributed by atoms with van der Waals surface area (Å²) in [7, 11) is 0. The van der Waals surface area contributed by atoms with E-state index in [0.29, 0.717) is 19.4 Å². The lowest BCUT2D eigenvalue weighted by molar-refractivity contribution is -0.143. The number of carbonyl (C=O) groups is 1. The lowest BCUT2D eigenvalue weighted by Crippen LogP contribution is -2.33. The summed E-state index contributed by atoms with van der Waals surface area (Å²) >= 11 is 0. The second-order valence-corrected chi connectivity index (χ2v) is 10.7. The van der Waals surface area contributed by atoms with Crippen LogP contribution >= 0.6 is 0 Å². The van der Waals surface area contributed by atoms with Gasteiger partial charge in [0.2, 0.25) is 0 Å². The highest BCUT2D eigenvalue weighted by Crippen LogP contribution is 2.39. The molecule has 0 aromatic heterocycles. The van der Waals surface area contributed by atoms with Gasteiger partial charge in [-0.25, -0.2) is 0 Å². The summed E-state index contributed by atoms with van der Waals surface area (Å²) in [4.78, 5) is 11.8. The number of rotatable bonds is 22. The number of aliphatic hydroxyl groups is 3. The Balaban J connectivity index is 2.10. The number of hydrogen-bond acceptors (Lipinski definition) is 5. The summed E-state index contributed by atoms with van der Waals surface area (Å²) < 4.78 is 5.33. The van der Waals surface area contributed by atoms with Crippen molar-refractivity contribution in [3.8, 4) is 0 Å². The highest BCUT2D eigenvalue weighted by atomic mass is 16.5. The van der Waals surface area contributed by atoms with Gasteiger partial charge in [0.1, 0.15) is 0 Å². The molecular weight excluding hydrogens is 428 g/mol. The largest absolute Gasteiger partial charge is 0.466 e. The van der Waals surface area contributed by atoms with Gasteiger partial charge in [-0.3, -0.25) is 4.79 Å². The standard InChI is InChI=1S/C29H56O5/c1-3-5-7-9-14-18-22-34-28(33)21-17-13-10-12-15-19-24-26(31)23-27(32)29(24)25(30)20-16-11-8-6-4-2/h24-27,29-32H,3-23H2,1-2H3/t24-,25?,26?,27?,29-/m1/s1. The number of unbranched alkanes of at least 4 members (excludes halogenated alkanes) is 13. The van der Waals surface area contributed by atoms with Crippen LogP contribution in [0.3, 0.4) is 0 Å². The van der Waals surface area contributed by atoms with Crippen molar-refractivity contribution in [3.05, 3.63) is 0 Å². The van der Waals surface area contributed by atoms with E-state index in [0.717, 1.165) is 70.6 Å². The van der Waals surface area contributed by atoms with Crippen LogP contribution in [0.1, 0.15) is 142 Å². The molecule has 3 unspecified atom stereocenters. The molecule has 0 aromatic rings. The van der Waals surface area contributed by atoms with Gasteiger partial charge in [0.25, 0.3) is 0 Å². The van der Waals surface area contributed by atoms with E-state index in [9.17, 15) is 20.1 Å². The minimum Gasteiger partial charge on any atom is -0.466 e. The van der Waals surface area contributed by atoms with Crippen molar-refractivity contribution in [2.75, 3.05) is 6.61 Å². The third kappa shape index (κ3) is 14.0.